The average Bonchev–Trinajstić information content (AvgIpc) is 2.92. The maximum atomic E-state index is 12.4. The van der Waals surface area contributed by atoms with E-state index >= 15 is 0 Å². The van der Waals surface area contributed by atoms with E-state index in [-0.39, 0.29) is 11.7 Å². The molecule has 23 heavy (non-hydrogen) atoms. The molecule has 4 rings (SSSR count). The normalized spacial score (nSPS) is 18.7. The van der Waals surface area contributed by atoms with Crippen molar-refractivity contribution in [2.45, 2.75) is 18.2 Å². The highest BCUT2D eigenvalue weighted by Crippen LogP contribution is 2.43. The van der Waals surface area contributed by atoms with Gasteiger partial charge in [0.15, 0.2) is 11.3 Å². The molecule has 6 heteroatoms. The summed E-state index contributed by atoms with van der Waals surface area (Å²) in [7, 11) is 0. The molecule has 0 bridgehead atoms. The second kappa shape index (κ2) is 5.31. The highest BCUT2D eigenvalue weighted by Gasteiger charge is 2.34. The van der Waals surface area contributed by atoms with Gasteiger partial charge < -0.3 is 0 Å². The third-order valence-electron chi connectivity index (χ3n) is 4.07. The highest BCUT2D eigenvalue weighted by molar-refractivity contribution is 7.98. The quantitative estimate of drug-likeness (QED) is 0.630. The second-order valence-electron chi connectivity index (χ2n) is 5.36. The lowest BCUT2D eigenvalue weighted by Crippen LogP contribution is -2.23. The molecule has 0 radical (unpaired) electrons. The van der Waals surface area contributed by atoms with Gasteiger partial charge in [0.1, 0.15) is 0 Å². The number of aliphatic imine (C=N–C) groups is 1. The Morgan fingerprint density at radius 3 is 2.96 bits per heavy atom. The summed E-state index contributed by atoms with van der Waals surface area (Å²) >= 11 is 1.50. The van der Waals surface area contributed by atoms with Crippen molar-refractivity contribution in [1.82, 2.24) is 14.5 Å². The van der Waals surface area contributed by atoms with Crippen LogP contribution in [0.5, 0.6) is 0 Å². The van der Waals surface area contributed by atoms with E-state index in [9.17, 15) is 4.79 Å². The minimum atomic E-state index is -0.300. The summed E-state index contributed by atoms with van der Waals surface area (Å²) in [5.74, 6) is 0. The summed E-state index contributed by atoms with van der Waals surface area (Å²) in [5, 5.41) is 0.713. The minimum absolute atomic E-state index is 0.0500. The van der Waals surface area contributed by atoms with Gasteiger partial charge in [0, 0.05) is 29.6 Å². The van der Waals surface area contributed by atoms with Gasteiger partial charge in [-0.05, 0) is 37.0 Å². The molecule has 4 heterocycles. The molecule has 2 aromatic heterocycles. The van der Waals surface area contributed by atoms with Gasteiger partial charge in [0.05, 0.1) is 11.4 Å². The molecule has 0 N–H and O–H groups in total. The average molecular weight is 322 g/mol. The molecular weight excluding hydrogens is 308 g/mol. The number of allylic oxidation sites excluding steroid dienone is 1. The van der Waals surface area contributed by atoms with Crippen LogP contribution in [0.3, 0.4) is 0 Å². The minimum Gasteiger partial charge on any atom is -0.281 e. The molecule has 114 valence electrons. The lowest BCUT2D eigenvalue weighted by Gasteiger charge is -2.17. The predicted octanol–water partition coefficient (Wildman–Crippen LogP) is 2.71. The Morgan fingerprint density at radius 1 is 1.26 bits per heavy atom. The van der Waals surface area contributed by atoms with Crippen molar-refractivity contribution < 1.29 is 0 Å². The van der Waals surface area contributed by atoms with Gasteiger partial charge in [-0.15, -0.1) is 0 Å². The Morgan fingerprint density at radius 2 is 2.13 bits per heavy atom. The number of thioether (sulfide) groups is 1. The first-order valence-corrected chi connectivity index (χ1v) is 8.47. The lowest BCUT2D eigenvalue weighted by atomic mass is 9.96. The van der Waals surface area contributed by atoms with Crippen LogP contribution in [0, 0.1) is 0 Å². The molecule has 2 aliphatic heterocycles. The summed E-state index contributed by atoms with van der Waals surface area (Å²) in [6.45, 7) is 2.04. The first-order chi connectivity index (χ1) is 11.2. The van der Waals surface area contributed by atoms with Crippen LogP contribution in [0.25, 0.3) is 5.57 Å². The molecule has 2 aromatic rings. The number of hydrogen-bond acceptors (Lipinski definition) is 5. The molecule has 1 atom stereocenters. The Balaban J connectivity index is 2.04. The SMILES string of the molecule is CSc1nccc(C2=C3C(C)=CC=NC3n3c2cccc3=O)n1. The molecule has 0 fully saturated rings. The fourth-order valence-corrected chi connectivity index (χ4v) is 3.42. The predicted molar refractivity (Wildman–Crippen MR) is 91.8 cm³/mol. The molecular formula is C17H14N4OS. The van der Waals surface area contributed by atoms with Crippen molar-refractivity contribution in [2.75, 3.05) is 6.26 Å². The second-order valence-corrected chi connectivity index (χ2v) is 6.13. The Labute approximate surface area is 137 Å². The fourth-order valence-electron chi connectivity index (χ4n) is 3.07. The Bertz CT molecular complexity index is 955. The number of pyridine rings is 1. The van der Waals surface area contributed by atoms with Crippen LogP contribution in [0.4, 0.5) is 0 Å². The molecule has 0 amide bonds. The van der Waals surface area contributed by atoms with Crippen LogP contribution >= 0.6 is 11.8 Å². The fraction of sp³-hybridized carbons (Fsp3) is 0.176. The monoisotopic (exact) mass is 322 g/mol. The maximum Gasteiger partial charge on any atom is 0.253 e. The zero-order chi connectivity index (χ0) is 16.0. The van der Waals surface area contributed by atoms with Crippen molar-refractivity contribution in [2.24, 2.45) is 4.99 Å². The van der Waals surface area contributed by atoms with Crippen LogP contribution in [-0.2, 0) is 0 Å². The van der Waals surface area contributed by atoms with Crippen LogP contribution < -0.4 is 5.56 Å². The Hall–Kier alpha value is -2.47. The summed E-state index contributed by atoms with van der Waals surface area (Å²) in [4.78, 5) is 25.8. The van der Waals surface area contributed by atoms with E-state index in [4.69, 9.17) is 0 Å². The number of dihydropyridines is 1. The van der Waals surface area contributed by atoms with Gasteiger partial charge in [0.25, 0.3) is 5.56 Å². The summed E-state index contributed by atoms with van der Waals surface area (Å²) in [6.07, 6.45) is 7.14. The van der Waals surface area contributed by atoms with Crippen LogP contribution in [-0.4, -0.2) is 27.0 Å². The van der Waals surface area contributed by atoms with E-state index in [0.29, 0.717) is 5.16 Å². The maximum absolute atomic E-state index is 12.4. The molecule has 2 aliphatic rings. The number of fused-ring (bicyclic) bond motifs is 3. The molecule has 0 saturated heterocycles. The van der Waals surface area contributed by atoms with Crippen LogP contribution in [0.15, 0.2) is 62.6 Å². The van der Waals surface area contributed by atoms with E-state index in [1.54, 1.807) is 29.1 Å². The van der Waals surface area contributed by atoms with E-state index < -0.39 is 0 Å². The molecule has 0 spiro atoms. The summed E-state index contributed by atoms with van der Waals surface area (Å²) < 4.78 is 1.73. The van der Waals surface area contributed by atoms with Gasteiger partial charge in [-0.2, -0.15) is 0 Å². The zero-order valence-corrected chi connectivity index (χ0v) is 13.5. The first-order valence-electron chi connectivity index (χ1n) is 7.24. The topological polar surface area (TPSA) is 60.1 Å². The van der Waals surface area contributed by atoms with Crippen molar-refractivity contribution in [3.05, 3.63) is 69.4 Å². The van der Waals surface area contributed by atoms with Crippen LogP contribution in [0.1, 0.15) is 24.5 Å². The Kier molecular flexibility index (Phi) is 3.27. The van der Waals surface area contributed by atoms with E-state index in [1.807, 2.05) is 31.4 Å². The van der Waals surface area contributed by atoms with Gasteiger partial charge in [-0.25, -0.2) is 9.97 Å². The van der Waals surface area contributed by atoms with Gasteiger partial charge >= 0.3 is 0 Å². The van der Waals surface area contributed by atoms with Crippen LogP contribution in [0.2, 0.25) is 0 Å². The van der Waals surface area contributed by atoms with E-state index in [0.717, 1.165) is 28.1 Å². The lowest BCUT2D eigenvalue weighted by molar-refractivity contribution is 0.601. The third-order valence-corrected chi connectivity index (χ3v) is 4.63. The van der Waals surface area contributed by atoms with Gasteiger partial charge in [0.2, 0.25) is 0 Å². The number of nitrogens with zero attached hydrogens (tertiary/aromatic N) is 4. The standard InChI is InChI=1S/C17H14N4OS/c1-10-6-8-18-16-14(10)15(11-7-9-19-17(20-11)23-2)12-4-3-5-13(22)21(12)16/h3-9,16H,1-2H3. The van der Waals surface area contributed by atoms with Gasteiger partial charge in [-0.3, -0.25) is 14.4 Å². The number of rotatable bonds is 2. The van der Waals surface area contributed by atoms with E-state index in [1.165, 1.54) is 11.8 Å². The number of hydrogen-bond donors (Lipinski definition) is 0. The highest BCUT2D eigenvalue weighted by atomic mass is 32.2. The molecule has 5 nitrogen and oxygen atoms in total. The molecule has 0 aromatic carbocycles. The first kappa shape index (κ1) is 14.1. The molecule has 0 saturated carbocycles. The van der Waals surface area contributed by atoms with Crippen molar-refractivity contribution in [3.63, 3.8) is 0 Å². The zero-order valence-electron chi connectivity index (χ0n) is 12.7. The number of aromatic nitrogens is 3. The largest absolute Gasteiger partial charge is 0.281 e. The smallest absolute Gasteiger partial charge is 0.253 e. The summed E-state index contributed by atoms with van der Waals surface area (Å²) in [5.41, 5.74) is 4.75. The van der Waals surface area contributed by atoms with Crippen molar-refractivity contribution in [3.8, 4) is 0 Å². The van der Waals surface area contributed by atoms with E-state index in [2.05, 4.69) is 15.0 Å². The summed E-state index contributed by atoms with van der Waals surface area (Å²) in [6, 6.07) is 7.19. The molecule has 0 aliphatic carbocycles. The van der Waals surface area contributed by atoms with Crippen molar-refractivity contribution >= 4 is 23.5 Å². The van der Waals surface area contributed by atoms with Crippen molar-refractivity contribution in [1.29, 1.82) is 0 Å². The third kappa shape index (κ3) is 2.09. The molecule has 1 unspecified atom stereocenters. The van der Waals surface area contributed by atoms with Gasteiger partial charge in [-0.1, -0.05) is 17.8 Å².